The maximum absolute atomic E-state index is 4.51. The van der Waals surface area contributed by atoms with Crippen molar-refractivity contribution < 1.29 is 0 Å². The third-order valence-electron chi connectivity index (χ3n) is 2.72. The van der Waals surface area contributed by atoms with Gasteiger partial charge in [0, 0.05) is 43.3 Å². The van der Waals surface area contributed by atoms with E-state index in [0.717, 1.165) is 23.5 Å². The molecule has 0 aliphatic heterocycles. The Hall–Kier alpha value is -1.75. The molecule has 0 saturated carbocycles. The Balaban J connectivity index is 2.19. The molecule has 0 aliphatic rings. The molecule has 2 heterocycles. The topological polar surface area (TPSA) is 55.6 Å². The SMILES string of the molecule is Cc1nc(-c2ccn(C)n2)ncc1CNC(C)C. The third-order valence-corrected chi connectivity index (χ3v) is 2.72. The van der Waals surface area contributed by atoms with Crippen molar-refractivity contribution in [3.63, 3.8) is 0 Å². The fraction of sp³-hybridized carbons (Fsp3) is 0.462. The molecule has 2 aromatic heterocycles. The number of rotatable bonds is 4. The monoisotopic (exact) mass is 245 g/mol. The van der Waals surface area contributed by atoms with Crippen molar-refractivity contribution >= 4 is 0 Å². The molecule has 2 rings (SSSR count). The lowest BCUT2D eigenvalue weighted by molar-refractivity contribution is 0.585. The minimum Gasteiger partial charge on any atom is -0.310 e. The van der Waals surface area contributed by atoms with Gasteiger partial charge in [-0.25, -0.2) is 9.97 Å². The number of hydrogen-bond donors (Lipinski definition) is 1. The van der Waals surface area contributed by atoms with Gasteiger partial charge in [0.15, 0.2) is 5.82 Å². The molecule has 0 aromatic carbocycles. The summed E-state index contributed by atoms with van der Waals surface area (Å²) in [5, 5.41) is 7.67. The Morgan fingerprint density at radius 3 is 2.72 bits per heavy atom. The summed E-state index contributed by atoms with van der Waals surface area (Å²) in [6, 6.07) is 2.38. The second-order valence-electron chi connectivity index (χ2n) is 4.71. The van der Waals surface area contributed by atoms with E-state index in [0.29, 0.717) is 11.9 Å². The summed E-state index contributed by atoms with van der Waals surface area (Å²) in [6.45, 7) is 7.05. The number of nitrogens with one attached hydrogen (secondary N) is 1. The molecule has 5 heteroatoms. The maximum atomic E-state index is 4.51. The van der Waals surface area contributed by atoms with E-state index in [-0.39, 0.29) is 0 Å². The fourth-order valence-corrected chi connectivity index (χ4v) is 1.64. The van der Waals surface area contributed by atoms with Gasteiger partial charge in [-0.2, -0.15) is 5.10 Å². The number of aryl methyl sites for hydroxylation is 2. The van der Waals surface area contributed by atoms with Crippen LogP contribution in [0.15, 0.2) is 18.5 Å². The maximum Gasteiger partial charge on any atom is 0.180 e. The molecule has 2 aromatic rings. The molecule has 0 unspecified atom stereocenters. The minimum atomic E-state index is 0.458. The second kappa shape index (κ2) is 5.27. The van der Waals surface area contributed by atoms with Crippen LogP contribution in [0, 0.1) is 6.92 Å². The Labute approximate surface area is 107 Å². The molecule has 1 N–H and O–H groups in total. The lowest BCUT2D eigenvalue weighted by atomic mass is 10.2. The lowest BCUT2D eigenvalue weighted by Gasteiger charge is -2.10. The van der Waals surface area contributed by atoms with E-state index in [1.54, 1.807) is 4.68 Å². The molecule has 0 bridgehead atoms. The van der Waals surface area contributed by atoms with Crippen molar-refractivity contribution in [3.8, 4) is 11.5 Å². The molecule has 0 spiro atoms. The summed E-state index contributed by atoms with van der Waals surface area (Å²) in [4.78, 5) is 8.88. The summed E-state index contributed by atoms with van der Waals surface area (Å²) in [5.41, 5.74) is 2.94. The Morgan fingerprint density at radius 2 is 2.17 bits per heavy atom. The van der Waals surface area contributed by atoms with Crippen LogP contribution in [-0.2, 0) is 13.6 Å². The number of hydrogen-bond acceptors (Lipinski definition) is 4. The summed E-state index contributed by atoms with van der Waals surface area (Å²) >= 11 is 0. The molecule has 0 amide bonds. The van der Waals surface area contributed by atoms with Gasteiger partial charge in [0.05, 0.1) is 0 Å². The summed E-state index contributed by atoms with van der Waals surface area (Å²) in [7, 11) is 1.89. The zero-order chi connectivity index (χ0) is 13.1. The fourth-order valence-electron chi connectivity index (χ4n) is 1.64. The van der Waals surface area contributed by atoms with Gasteiger partial charge >= 0.3 is 0 Å². The molecule has 0 saturated heterocycles. The highest BCUT2D eigenvalue weighted by atomic mass is 15.3. The van der Waals surface area contributed by atoms with Gasteiger partial charge in [-0.3, -0.25) is 4.68 Å². The Morgan fingerprint density at radius 1 is 1.39 bits per heavy atom. The summed E-state index contributed by atoms with van der Waals surface area (Å²) in [6.07, 6.45) is 3.77. The van der Waals surface area contributed by atoms with Gasteiger partial charge in [0.1, 0.15) is 5.69 Å². The molecule has 96 valence electrons. The Bertz CT molecular complexity index is 530. The van der Waals surface area contributed by atoms with Gasteiger partial charge in [-0.1, -0.05) is 13.8 Å². The van der Waals surface area contributed by atoms with E-state index in [9.17, 15) is 0 Å². The van der Waals surface area contributed by atoms with Gasteiger partial charge in [-0.15, -0.1) is 0 Å². The highest BCUT2D eigenvalue weighted by molar-refractivity contribution is 5.48. The zero-order valence-corrected chi connectivity index (χ0v) is 11.3. The van der Waals surface area contributed by atoms with Crippen LogP contribution in [0.1, 0.15) is 25.1 Å². The van der Waals surface area contributed by atoms with Crippen molar-refractivity contribution in [2.75, 3.05) is 0 Å². The van der Waals surface area contributed by atoms with Crippen LogP contribution in [-0.4, -0.2) is 25.8 Å². The molecular formula is C13H19N5. The van der Waals surface area contributed by atoms with Crippen LogP contribution >= 0.6 is 0 Å². The lowest BCUT2D eigenvalue weighted by Crippen LogP contribution is -2.22. The highest BCUT2D eigenvalue weighted by Crippen LogP contribution is 2.13. The molecule has 0 fully saturated rings. The largest absolute Gasteiger partial charge is 0.310 e. The predicted octanol–water partition coefficient (Wildman–Crippen LogP) is 1.68. The first-order chi connectivity index (χ1) is 8.56. The van der Waals surface area contributed by atoms with Crippen LogP contribution in [0.4, 0.5) is 0 Å². The standard InChI is InChI=1S/C13H19N5/c1-9(2)14-7-11-8-15-13(16-10(11)3)12-5-6-18(4)17-12/h5-6,8-9,14H,7H2,1-4H3. The molecule has 0 atom stereocenters. The van der Waals surface area contributed by atoms with E-state index in [1.807, 2.05) is 32.4 Å². The smallest absolute Gasteiger partial charge is 0.180 e. The van der Waals surface area contributed by atoms with Crippen molar-refractivity contribution in [1.82, 2.24) is 25.1 Å². The summed E-state index contributed by atoms with van der Waals surface area (Å²) < 4.78 is 1.75. The molecule has 18 heavy (non-hydrogen) atoms. The molecule has 0 radical (unpaired) electrons. The van der Waals surface area contributed by atoms with Crippen LogP contribution in [0.5, 0.6) is 0 Å². The number of nitrogens with zero attached hydrogens (tertiary/aromatic N) is 4. The minimum absolute atomic E-state index is 0.458. The van der Waals surface area contributed by atoms with E-state index in [4.69, 9.17) is 0 Å². The average Bonchev–Trinajstić information content (AvgIpc) is 2.74. The number of aromatic nitrogens is 4. The molecule has 0 aliphatic carbocycles. The van der Waals surface area contributed by atoms with Crippen molar-refractivity contribution in [2.24, 2.45) is 7.05 Å². The van der Waals surface area contributed by atoms with E-state index in [2.05, 4.69) is 34.2 Å². The van der Waals surface area contributed by atoms with Gasteiger partial charge in [0.2, 0.25) is 0 Å². The first-order valence-corrected chi connectivity index (χ1v) is 6.12. The first-order valence-electron chi connectivity index (χ1n) is 6.12. The molecule has 5 nitrogen and oxygen atoms in total. The summed E-state index contributed by atoms with van der Waals surface area (Å²) in [5.74, 6) is 0.682. The second-order valence-corrected chi connectivity index (χ2v) is 4.71. The van der Waals surface area contributed by atoms with E-state index in [1.165, 1.54) is 0 Å². The highest BCUT2D eigenvalue weighted by Gasteiger charge is 2.08. The van der Waals surface area contributed by atoms with Crippen LogP contribution in [0.3, 0.4) is 0 Å². The van der Waals surface area contributed by atoms with Crippen molar-refractivity contribution in [3.05, 3.63) is 29.7 Å². The third kappa shape index (κ3) is 2.92. The quantitative estimate of drug-likeness (QED) is 0.890. The molecular weight excluding hydrogens is 226 g/mol. The van der Waals surface area contributed by atoms with Gasteiger partial charge in [-0.05, 0) is 13.0 Å². The average molecular weight is 245 g/mol. The van der Waals surface area contributed by atoms with Crippen LogP contribution < -0.4 is 5.32 Å². The van der Waals surface area contributed by atoms with E-state index >= 15 is 0 Å². The zero-order valence-electron chi connectivity index (χ0n) is 11.3. The van der Waals surface area contributed by atoms with Gasteiger partial charge in [0.25, 0.3) is 0 Å². The van der Waals surface area contributed by atoms with E-state index < -0.39 is 0 Å². The Kier molecular flexibility index (Phi) is 3.72. The normalized spacial score (nSPS) is 11.2. The van der Waals surface area contributed by atoms with Gasteiger partial charge < -0.3 is 5.32 Å². The predicted molar refractivity (Wildman–Crippen MR) is 70.9 cm³/mol. The van der Waals surface area contributed by atoms with Crippen LogP contribution in [0.25, 0.3) is 11.5 Å². The van der Waals surface area contributed by atoms with Crippen molar-refractivity contribution in [1.29, 1.82) is 0 Å². The van der Waals surface area contributed by atoms with Crippen LogP contribution in [0.2, 0.25) is 0 Å². The van der Waals surface area contributed by atoms with Crippen molar-refractivity contribution in [2.45, 2.75) is 33.4 Å². The first kappa shape index (κ1) is 12.7.